The van der Waals surface area contributed by atoms with E-state index >= 15 is 0 Å². The minimum absolute atomic E-state index is 0.209. The summed E-state index contributed by atoms with van der Waals surface area (Å²) in [6.45, 7) is 6.78. The third-order valence-electron chi connectivity index (χ3n) is 2.48. The van der Waals surface area contributed by atoms with Gasteiger partial charge in [0.05, 0.1) is 12.3 Å². The highest BCUT2D eigenvalue weighted by molar-refractivity contribution is 6.42. The molecule has 0 saturated heterocycles. The first kappa shape index (κ1) is 10.9. The van der Waals surface area contributed by atoms with Gasteiger partial charge in [0.15, 0.2) is 0 Å². The molecule has 0 radical (unpaired) electrons. The predicted molar refractivity (Wildman–Crippen MR) is 67.9 cm³/mol. The molecule has 1 aliphatic rings. The van der Waals surface area contributed by atoms with Crippen LogP contribution in [-0.2, 0) is 6.54 Å². The summed E-state index contributed by atoms with van der Waals surface area (Å²) < 4.78 is 0. The zero-order valence-electron chi connectivity index (χ0n) is 9.99. The van der Waals surface area contributed by atoms with Crippen LogP contribution in [0.3, 0.4) is 0 Å². The molecule has 1 aliphatic heterocycles. The molecule has 0 bridgehead atoms. The van der Waals surface area contributed by atoms with E-state index in [1.807, 2.05) is 39.0 Å². The Hall–Kier alpha value is -1.64. The van der Waals surface area contributed by atoms with E-state index < -0.39 is 0 Å². The van der Waals surface area contributed by atoms with Crippen molar-refractivity contribution < 1.29 is 0 Å². The molecule has 0 atom stereocenters. The van der Waals surface area contributed by atoms with Crippen LogP contribution in [-0.4, -0.2) is 17.2 Å². The number of aliphatic imine (C=N–C) groups is 2. The van der Waals surface area contributed by atoms with Gasteiger partial charge >= 0.3 is 0 Å². The first-order valence-corrected chi connectivity index (χ1v) is 5.50. The summed E-state index contributed by atoms with van der Waals surface area (Å²) in [4.78, 5) is 9.03. The highest BCUT2D eigenvalue weighted by Crippen LogP contribution is 2.12. The molecule has 0 aromatic heterocycles. The van der Waals surface area contributed by atoms with Gasteiger partial charge in [-0.1, -0.05) is 30.3 Å². The number of benzene rings is 1. The fourth-order valence-electron chi connectivity index (χ4n) is 1.79. The van der Waals surface area contributed by atoms with Gasteiger partial charge in [0.25, 0.3) is 0 Å². The quantitative estimate of drug-likeness (QED) is 0.808. The van der Waals surface area contributed by atoms with Crippen LogP contribution in [0.25, 0.3) is 0 Å². The topological polar surface area (TPSA) is 36.8 Å². The van der Waals surface area contributed by atoms with Gasteiger partial charge in [0.1, 0.15) is 11.5 Å². The number of hydrogen-bond donors (Lipinski definition) is 1. The van der Waals surface area contributed by atoms with Crippen LogP contribution in [0.1, 0.15) is 26.3 Å². The molecule has 2 rings (SSSR count). The van der Waals surface area contributed by atoms with E-state index in [9.17, 15) is 0 Å². The van der Waals surface area contributed by atoms with Crippen LogP contribution >= 0.6 is 0 Å². The van der Waals surface area contributed by atoms with E-state index in [1.165, 1.54) is 5.56 Å². The molecule has 0 amide bonds. The van der Waals surface area contributed by atoms with Crippen molar-refractivity contribution in [3.8, 4) is 0 Å². The molecule has 0 spiro atoms. The Morgan fingerprint density at radius 3 is 2.50 bits per heavy atom. The summed E-state index contributed by atoms with van der Waals surface area (Å²) in [5.74, 6) is 0.911. The Balaban J connectivity index is 2.08. The average Bonchev–Trinajstić information content (AvgIpc) is 2.50. The van der Waals surface area contributed by atoms with Crippen molar-refractivity contribution in [3.05, 3.63) is 35.9 Å². The first-order valence-electron chi connectivity index (χ1n) is 5.50. The van der Waals surface area contributed by atoms with E-state index in [-0.39, 0.29) is 5.66 Å². The molecule has 3 heteroatoms. The summed E-state index contributed by atoms with van der Waals surface area (Å²) in [5.41, 5.74) is 2.00. The lowest BCUT2D eigenvalue weighted by Crippen LogP contribution is -2.36. The van der Waals surface area contributed by atoms with E-state index in [4.69, 9.17) is 0 Å². The van der Waals surface area contributed by atoms with Crippen LogP contribution in [0.15, 0.2) is 40.3 Å². The fourth-order valence-corrected chi connectivity index (χ4v) is 1.79. The van der Waals surface area contributed by atoms with Gasteiger partial charge in [0.2, 0.25) is 0 Å². The van der Waals surface area contributed by atoms with E-state index in [0.29, 0.717) is 6.54 Å². The van der Waals surface area contributed by atoms with Crippen molar-refractivity contribution in [3.63, 3.8) is 0 Å². The van der Waals surface area contributed by atoms with Crippen LogP contribution in [0, 0.1) is 0 Å². The van der Waals surface area contributed by atoms with Gasteiger partial charge < -0.3 is 5.32 Å². The minimum Gasteiger partial charge on any atom is -0.345 e. The van der Waals surface area contributed by atoms with Crippen LogP contribution in [0.4, 0.5) is 0 Å². The first-order chi connectivity index (χ1) is 7.57. The summed E-state index contributed by atoms with van der Waals surface area (Å²) in [6.07, 6.45) is 0. The van der Waals surface area contributed by atoms with Gasteiger partial charge in [-0.25, -0.2) is 0 Å². The molecule has 1 aromatic carbocycles. The lowest BCUT2D eigenvalue weighted by atomic mass is 10.2. The Morgan fingerprint density at radius 2 is 1.94 bits per heavy atom. The molecule has 0 unspecified atom stereocenters. The van der Waals surface area contributed by atoms with Crippen molar-refractivity contribution in [2.75, 3.05) is 0 Å². The third kappa shape index (κ3) is 2.48. The maximum Gasteiger partial charge on any atom is 0.144 e. The molecule has 0 aliphatic carbocycles. The maximum absolute atomic E-state index is 4.54. The SMILES string of the molecule is CC1=NC(C)(C)NC1=NCc1ccccc1. The van der Waals surface area contributed by atoms with Gasteiger partial charge in [-0.15, -0.1) is 0 Å². The second-order valence-corrected chi connectivity index (χ2v) is 4.53. The van der Waals surface area contributed by atoms with Crippen molar-refractivity contribution in [2.45, 2.75) is 33.0 Å². The summed E-state index contributed by atoms with van der Waals surface area (Å²) >= 11 is 0. The van der Waals surface area contributed by atoms with Crippen LogP contribution < -0.4 is 5.32 Å². The van der Waals surface area contributed by atoms with Crippen molar-refractivity contribution in [1.29, 1.82) is 0 Å². The molecule has 1 N–H and O–H groups in total. The Morgan fingerprint density at radius 1 is 1.25 bits per heavy atom. The normalized spacial score (nSPS) is 20.7. The molecular formula is C13H17N3. The van der Waals surface area contributed by atoms with Gasteiger partial charge in [-0.2, -0.15) is 0 Å². The largest absolute Gasteiger partial charge is 0.345 e. The maximum atomic E-state index is 4.54. The number of nitrogens with zero attached hydrogens (tertiary/aromatic N) is 2. The lowest BCUT2D eigenvalue weighted by Gasteiger charge is -2.14. The van der Waals surface area contributed by atoms with Gasteiger partial charge in [-0.05, 0) is 26.3 Å². The number of hydrogen-bond acceptors (Lipinski definition) is 2. The molecule has 3 nitrogen and oxygen atoms in total. The second-order valence-electron chi connectivity index (χ2n) is 4.53. The zero-order valence-corrected chi connectivity index (χ0v) is 9.99. The zero-order chi connectivity index (χ0) is 11.6. The van der Waals surface area contributed by atoms with Gasteiger partial charge in [-0.3, -0.25) is 9.98 Å². The fraction of sp³-hybridized carbons (Fsp3) is 0.385. The predicted octanol–water partition coefficient (Wildman–Crippen LogP) is 2.39. The molecule has 0 fully saturated rings. The molecular weight excluding hydrogens is 198 g/mol. The molecule has 1 aromatic rings. The second kappa shape index (κ2) is 4.08. The van der Waals surface area contributed by atoms with Crippen molar-refractivity contribution in [1.82, 2.24) is 5.32 Å². The van der Waals surface area contributed by atoms with E-state index in [2.05, 4.69) is 27.4 Å². The smallest absolute Gasteiger partial charge is 0.144 e. The number of rotatable bonds is 2. The highest BCUT2D eigenvalue weighted by Gasteiger charge is 2.25. The summed E-state index contributed by atoms with van der Waals surface area (Å²) in [5, 5.41) is 3.30. The monoisotopic (exact) mass is 215 g/mol. The summed E-state index contributed by atoms with van der Waals surface area (Å²) in [6, 6.07) is 10.2. The number of amidine groups is 1. The Labute approximate surface area is 96.3 Å². The average molecular weight is 215 g/mol. The van der Waals surface area contributed by atoms with Crippen molar-refractivity contribution in [2.24, 2.45) is 9.98 Å². The third-order valence-corrected chi connectivity index (χ3v) is 2.48. The molecule has 1 heterocycles. The van der Waals surface area contributed by atoms with Crippen molar-refractivity contribution >= 4 is 11.5 Å². The molecule has 0 saturated carbocycles. The number of nitrogens with one attached hydrogen (secondary N) is 1. The van der Waals surface area contributed by atoms with Gasteiger partial charge in [0, 0.05) is 0 Å². The van der Waals surface area contributed by atoms with E-state index in [1.54, 1.807) is 0 Å². The van der Waals surface area contributed by atoms with Crippen LogP contribution in [0.2, 0.25) is 0 Å². The van der Waals surface area contributed by atoms with Crippen LogP contribution in [0.5, 0.6) is 0 Å². The minimum atomic E-state index is -0.209. The molecule has 84 valence electrons. The Bertz CT molecular complexity index is 430. The molecule has 16 heavy (non-hydrogen) atoms. The Kier molecular flexibility index (Phi) is 2.77. The standard InChI is InChI=1S/C13H17N3/c1-10-12(16-13(2,3)15-10)14-9-11-7-5-4-6-8-11/h4-8H,9H2,1-3H3,(H,14,16). The van der Waals surface area contributed by atoms with E-state index in [0.717, 1.165) is 11.5 Å². The lowest BCUT2D eigenvalue weighted by molar-refractivity contribution is 0.503. The highest BCUT2D eigenvalue weighted by atomic mass is 15.2. The summed E-state index contributed by atoms with van der Waals surface area (Å²) in [7, 11) is 0.